The van der Waals surface area contributed by atoms with Crippen molar-refractivity contribution in [3.63, 3.8) is 0 Å². The van der Waals surface area contributed by atoms with E-state index in [-0.39, 0.29) is 12.1 Å². The maximum Gasteiger partial charge on any atom is 0.338 e. The van der Waals surface area contributed by atoms with E-state index in [2.05, 4.69) is 5.32 Å². The maximum atomic E-state index is 11.6. The molecule has 0 bridgehead atoms. The number of carbonyl (C=O) groups excluding carboxylic acids is 1. The number of ether oxygens (including phenoxy) is 2. The van der Waals surface area contributed by atoms with E-state index in [1.54, 1.807) is 25.1 Å². The largest absolute Gasteiger partial charge is 0.462 e. The van der Waals surface area contributed by atoms with Gasteiger partial charge in [0.25, 0.3) is 0 Å². The molecule has 0 aromatic heterocycles. The van der Waals surface area contributed by atoms with Crippen molar-refractivity contribution in [3.8, 4) is 0 Å². The summed E-state index contributed by atoms with van der Waals surface area (Å²) >= 11 is 0. The molecule has 1 aromatic rings. The summed E-state index contributed by atoms with van der Waals surface area (Å²) in [6.45, 7) is 7.31. The molecular weight excluding hydrogens is 244 g/mol. The fraction of sp³-hybridized carbons (Fsp3) is 0.500. The van der Waals surface area contributed by atoms with Crippen LogP contribution in [0, 0.1) is 0 Å². The zero-order valence-electron chi connectivity index (χ0n) is 11.7. The monoisotopic (exact) mass is 266 g/mol. The minimum atomic E-state index is -0.344. The fourth-order valence-corrected chi connectivity index (χ4v) is 1.53. The minimum Gasteiger partial charge on any atom is -0.462 e. The number of hydrogen-bond donors (Lipinski definition) is 2. The lowest BCUT2D eigenvalue weighted by Crippen LogP contribution is -2.14. The second-order valence-corrected chi connectivity index (χ2v) is 4.37. The number of rotatable bonds is 7. The van der Waals surface area contributed by atoms with Crippen molar-refractivity contribution in [2.24, 2.45) is 0 Å². The lowest BCUT2D eigenvalue weighted by Gasteiger charge is -2.12. The molecule has 3 N–H and O–H groups in total. The molecule has 0 unspecified atom stereocenters. The highest BCUT2D eigenvalue weighted by Crippen LogP contribution is 2.20. The van der Waals surface area contributed by atoms with Crippen molar-refractivity contribution in [1.82, 2.24) is 0 Å². The first-order chi connectivity index (χ1) is 9.04. The number of nitrogen functional groups attached to an aromatic ring is 1. The average Bonchev–Trinajstić information content (AvgIpc) is 2.36. The van der Waals surface area contributed by atoms with Crippen LogP contribution in [0.1, 0.15) is 31.1 Å². The average molecular weight is 266 g/mol. The highest BCUT2D eigenvalue weighted by Gasteiger charge is 2.09. The Bertz CT molecular complexity index is 419. The van der Waals surface area contributed by atoms with Gasteiger partial charge in [-0.3, -0.25) is 0 Å². The van der Waals surface area contributed by atoms with Crippen LogP contribution in [0.3, 0.4) is 0 Å². The first-order valence-corrected chi connectivity index (χ1v) is 6.46. The fourth-order valence-electron chi connectivity index (χ4n) is 1.53. The Morgan fingerprint density at radius 1 is 1.42 bits per heavy atom. The molecule has 0 saturated carbocycles. The lowest BCUT2D eigenvalue weighted by atomic mass is 10.1. The van der Waals surface area contributed by atoms with Gasteiger partial charge in [-0.15, -0.1) is 0 Å². The smallest absolute Gasteiger partial charge is 0.338 e. The van der Waals surface area contributed by atoms with Gasteiger partial charge in [-0.05, 0) is 39.0 Å². The summed E-state index contributed by atoms with van der Waals surface area (Å²) in [7, 11) is 0. The molecule has 5 nitrogen and oxygen atoms in total. The summed E-state index contributed by atoms with van der Waals surface area (Å²) in [5.74, 6) is -0.344. The Morgan fingerprint density at radius 3 is 2.79 bits per heavy atom. The third-order valence-electron chi connectivity index (χ3n) is 2.43. The van der Waals surface area contributed by atoms with Gasteiger partial charge in [0.1, 0.15) is 0 Å². The number of esters is 1. The molecule has 5 heteroatoms. The van der Waals surface area contributed by atoms with Crippen molar-refractivity contribution in [1.29, 1.82) is 0 Å². The van der Waals surface area contributed by atoms with Crippen molar-refractivity contribution < 1.29 is 14.3 Å². The van der Waals surface area contributed by atoms with Crippen molar-refractivity contribution >= 4 is 17.3 Å². The molecule has 0 aliphatic heterocycles. The SMILES string of the molecule is CCOC(=O)c1ccc(N)c(NCCOC(C)C)c1. The predicted octanol–water partition coefficient (Wildman–Crippen LogP) is 2.28. The molecule has 0 spiro atoms. The Kier molecular flexibility index (Phi) is 6.15. The normalized spacial score (nSPS) is 10.5. The molecule has 1 rings (SSSR count). The highest BCUT2D eigenvalue weighted by atomic mass is 16.5. The number of carbonyl (C=O) groups is 1. The summed E-state index contributed by atoms with van der Waals surface area (Å²) in [6, 6.07) is 5.05. The van der Waals surface area contributed by atoms with Gasteiger partial charge in [0.2, 0.25) is 0 Å². The van der Waals surface area contributed by atoms with E-state index in [0.29, 0.717) is 31.0 Å². The third-order valence-corrected chi connectivity index (χ3v) is 2.43. The molecule has 0 amide bonds. The quantitative estimate of drug-likeness (QED) is 0.450. The van der Waals surface area contributed by atoms with E-state index < -0.39 is 0 Å². The first kappa shape index (κ1) is 15.3. The van der Waals surface area contributed by atoms with Gasteiger partial charge in [-0.25, -0.2) is 4.79 Å². The number of nitrogens with two attached hydrogens (primary N) is 1. The van der Waals surface area contributed by atoms with Crippen LogP contribution in [0.4, 0.5) is 11.4 Å². The second-order valence-electron chi connectivity index (χ2n) is 4.37. The summed E-state index contributed by atoms with van der Waals surface area (Å²) in [5, 5.41) is 3.15. The molecule has 0 heterocycles. The number of nitrogens with one attached hydrogen (secondary N) is 1. The summed E-state index contributed by atoms with van der Waals surface area (Å²) in [5.41, 5.74) is 7.65. The van der Waals surface area contributed by atoms with Gasteiger partial charge in [0, 0.05) is 6.54 Å². The zero-order chi connectivity index (χ0) is 14.3. The second kappa shape index (κ2) is 7.63. The molecular formula is C14H22N2O3. The summed E-state index contributed by atoms with van der Waals surface area (Å²) in [4.78, 5) is 11.6. The maximum absolute atomic E-state index is 11.6. The van der Waals surface area contributed by atoms with Crippen molar-refractivity contribution in [3.05, 3.63) is 23.8 Å². The third kappa shape index (κ3) is 5.18. The number of anilines is 2. The first-order valence-electron chi connectivity index (χ1n) is 6.46. The lowest BCUT2D eigenvalue weighted by molar-refractivity contribution is 0.0526. The van der Waals surface area contributed by atoms with E-state index >= 15 is 0 Å². The van der Waals surface area contributed by atoms with Crippen LogP contribution in [0.15, 0.2) is 18.2 Å². The van der Waals surface area contributed by atoms with Crippen LogP contribution in [0.2, 0.25) is 0 Å². The molecule has 1 aromatic carbocycles. The van der Waals surface area contributed by atoms with Crippen LogP contribution in [0.25, 0.3) is 0 Å². The Hall–Kier alpha value is -1.75. The van der Waals surface area contributed by atoms with E-state index in [4.69, 9.17) is 15.2 Å². The van der Waals surface area contributed by atoms with Gasteiger partial charge < -0.3 is 20.5 Å². The number of hydrogen-bond acceptors (Lipinski definition) is 5. The minimum absolute atomic E-state index is 0.199. The molecule has 0 fully saturated rings. The predicted molar refractivity (Wildman–Crippen MR) is 76.4 cm³/mol. The van der Waals surface area contributed by atoms with E-state index in [9.17, 15) is 4.79 Å². The molecule has 0 saturated heterocycles. The molecule has 0 radical (unpaired) electrons. The Balaban J connectivity index is 2.61. The Morgan fingerprint density at radius 2 is 2.16 bits per heavy atom. The molecule has 0 aliphatic rings. The van der Waals surface area contributed by atoms with Crippen LogP contribution in [-0.2, 0) is 9.47 Å². The highest BCUT2D eigenvalue weighted by molar-refractivity contribution is 5.92. The van der Waals surface area contributed by atoms with Crippen LogP contribution in [-0.4, -0.2) is 31.8 Å². The van der Waals surface area contributed by atoms with Crippen molar-refractivity contribution in [2.45, 2.75) is 26.9 Å². The van der Waals surface area contributed by atoms with Gasteiger partial charge in [0.15, 0.2) is 0 Å². The standard InChI is InChI=1S/C14H22N2O3/c1-4-18-14(17)11-5-6-12(15)13(9-11)16-7-8-19-10(2)3/h5-6,9-10,16H,4,7-8,15H2,1-3H3. The molecule has 19 heavy (non-hydrogen) atoms. The van der Waals surface area contributed by atoms with Gasteiger partial charge >= 0.3 is 5.97 Å². The van der Waals surface area contributed by atoms with E-state index in [1.807, 2.05) is 13.8 Å². The van der Waals surface area contributed by atoms with E-state index in [0.717, 1.165) is 5.69 Å². The van der Waals surface area contributed by atoms with Gasteiger partial charge in [-0.1, -0.05) is 0 Å². The topological polar surface area (TPSA) is 73.6 Å². The van der Waals surface area contributed by atoms with E-state index in [1.165, 1.54) is 0 Å². The van der Waals surface area contributed by atoms with Gasteiger partial charge in [0.05, 0.1) is 36.3 Å². The molecule has 106 valence electrons. The molecule has 0 atom stereocenters. The molecule has 0 aliphatic carbocycles. The van der Waals surface area contributed by atoms with Crippen molar-refractivity contribution in [2.75, 3.05) is 30.8 Å². The van der Waals surface area contributed by atoms with Gasteiger partial charge in [-0.2, -0.15) is 0 Å². The summed E-state index contributed by atoms with van der Waals surface area (Å²) < 4.78 is 10.4. The summed E-state index contributed by atoms with van der Waals surface area (Å²) in [6.07, 6.45) is 0.199. The number of benzene rings is 1. The van der Waals surface area contributed by atoms with Crippen LogP contribution >= 0.6 is 0 Å². The van der Waals surface area contributed by atoms with Crippen LogP contribution < -0.4 is 11.1 Å². The zero-order valence-corrected chi connectivity index (χ0v) is 11.7. The Labute approximate surface area is 114 Å². The van der Waals surface area contributed by atoms with Crippen LogP contribution in [0.5, 0.6) is 0 Å².